The van der Waals surface area contributed by atoms with Crippen molar-refractivity contribution < 1.29 is 9.21 Å². The number of hydrogen-bond acceptors (Lipinski definition) is 4. The molecular formula is C14H18N2O3. The lowest BCUT2D eigenvalue weighted by atomic mass is 10.0. The Labute approximate surface area is 111 Å². The van der Waals surface area contributed by atoms with Crippen LogP contribution in [0, 0.1) is 0 Å². The van der Waals surface area contributed by atoms with Gasteiger partial charge in [0.1, 0.15) is 6.26 Å². The van der Waals surface area contributed by atoms with Crippen LogP contribution in [0.5, 0.6) is 0 Å². The number of nitrogens with one attached hydrogen (secondary N) is 1. The summed E-state index contributed by atoms with van der Waals surface area (Å²) in [5.41, 5.74) is 0.0384. The van der Waals surface area contributed by atoms with E-state index in [2.05, 4.69) is 5.32 Å². The smallest absolute Gasteiger partial charge is 0.335 e. The summed E-state index contributed by atoms with van der Waals surface area (Å²) >= 11 is 0. The summed E-state index contributed by atoms with van der Waals surface area (Å²) in [6, 6.07) is 3.54. The first-order chi connectivity index (χ1) is 9.25. The van der Waals surface area contributed by atoms with Gasteiger partial charge in [0, 0.05) is 24.7 Å². The number of hydrogen-bond donors (Lipinski definition) is 1. The van der Waals surface area contributed by atoms with Gasteiger partial charge in [-0.15, -0.1) is 0 Å². The molecule has 1 aromatic heterocycles. The predicted molar refractivity (Wildman–Crippen MR) is 70.1 cm³/mol. The second-order valence-corrected chi connectivity index (χ2v) is 5.25. The zero-order valence-electron chi connectivity index (χ0n) is 10.8. The molecule has 2 fully saturated rings. The fraction of sp³-hybridized carbons (Fsp3) is 0.571. The van der Waals surface area contributed by atoms with Gasteiger partial charge in [0.05, 0.1) is 5.56 Å². The second-order valence-electron chi connectivity index (χ2n) is 5.25. The fourth-order valence-electron chi connectivity index (χ4n) is 3.15. The number of nitrogens with zero attached hydrogens (tertiary/aromatic N) is 1. The quantitative estimate of drug-likeness (QED) is 0.863. The van der Waals surface area contributed by atoms with Crippen LogP contribution in [0.2, 0.25) is 0 Å². The fourth-order valence-corrected chi connectivity index (χ4v) is 3.15. The Hall–Kier alpha value is -1.62. The van der Waals surface area contributed by atoms with Gasteiger partial charge in [-0.1, -0.05) is 0 Å². The van der Waals surface area contributed by atoms with Crippen molar-refractivity contribution in [3.8, 4) is 0 Å². The largest absolute Gasteiger partial charge is 0.430 e. The summed E-state index contributed by atoms with van der Waals surface area (Å²) < 4.78 is 4.78. The van der Waals surface area contributed by atoms with E-state index in [1.807, 2.05) is 4.90 Å². The number of carbonyl (C=O) groups excluding carboxylic acids is 1. The highest BCUT2D eigenvalue weighted by atomic mass is 16.4. The van der Waals surface area contributed by atoms with Crippen LogP contribution in [0.1, 0.15) is 36.0 Å². The maximum absolute atomic E-state index is 12.5. The molecular weight excluding hydrogens is 244 g/mol. The lowest BCUT2D eigenvalue weighted by Crippen LogP contribution is -2.46. The zero-order chi connectivity index (χ0) is 13.2. The third-order valence-electron chi connectivity index (χ3n) is 4.07. The van der Waals surface area contributed by atoms with Gasteiger partial charge in [0.15, 0.2) is 0 Å². The van der Waals surface area contributed by atoms with E-state index in [0.29, 0.717) is 11.6 Å². The van der Waals surface area contributed by atoms with Crippen molar-refractivity contribution in [2.24, 2.45) is 0 Å². The topological polar surface area (TPSA) is 62.6 Å². The monoisotopic (exact) mass is 262 g/mol. The van der Waals surface area contributed by atoms with Crippen molar-refractivity contribution in [2.75, 3.05) is 13.1 Å². The van der Waals surface area contributed by atoms with E-state index in [0.717, 1.165) is 32.4 Å². The first kappa shape index (κ1) is 12.4. The molecule has 5 heteroatoms. The van der Waals surface area contributed by atoms with Crippen LogP contribution in [-0.2, 0) is 0 Å². The Morgan fingerprint density at radius 1 is 1.32 bits per heavy atom. The minimum atomic E-state index is -0.424. The van der Waals surface area contributed by atoms with E-state index in [1.54, 1.807) is 6.07 Å². The molecule has 3 rings (SSSR count). The Kier molecular flexibility index (Phi) is 3.38. The number of carbonyl (C=O) groups is 1. The standard InChI is InChI=1S/C14H18N2O3/c17-13-6-5-10(9-19-13)14(18)16-8-2-4-12(16)11-3-1-7-15-11/h5-6,9,11-12,15H,1-4,7-8H2. The summed E-state index contributed by atoms with van der Waals surface area (Å²) in [5.74, 6) is -0.0278. The third-order valence-corrected chi connectivity index (χ3v) is 4.07. The highest BCUT2D eigenvalue weighted by Gasteiger charge is 2.36. The van der Waals surface area contributed by atoms with Crippen molar-refractivity contribution in [1.29, 1.82) is 0 Å². The van der Waals surface area contributed by atoms with Gasteiger partial charge < -0.3 is 14.6 Å². The minimum Gasteiger partial charge on any atom is -0.430 e. The maximum Gasteiger partial charge on any atom is 0.335 e. The molecule has 2 aliphatic rings. The summed E-state index contributed by atoms with van der Waals surface area (Å²) in [7, 11) is 0. The molecule has 2 aliphatic heterocycles. The molecule has 2 atom stereocenters. The van der Waals surface area contributed by atoms with Crippen LogP contribution in [0.25, 0.3) is 0 Å². The van der Waals surface area contributed by atoms with Crippen molar-refractivity contribution in [1.82, 2.24) is 10.2 Å². The molecule has 102 valence electrons. The SMILES string of the molecule is O=C(c1ccc(=O)oc1)N1CCCC1C1CCCN1. The average Bonchev–Trinajstić information content (AvgIpc) is 3.09. The van der Waals surface area contributed by atoms with Crippen molar-refractivity contribution >= 4 is 5.91 Å². The molecule has 1 amide bonds. The molecule has 1 aromatic rings. The van der Waals surface area contributed by atoms with Crippen molar-refractivity contribution in [2.45, 2.75) is 37.8 Å². The number of amides is 1. The molecule has 2 unspecified atom stereocenters. The number of rotatable bonds is 2. The summed E-state index contributed by atoms with van der Waals surface area (Å²) in [6.07, 6.45) is 5.69. The van der Waals surface area contributed by atoms with Crippen molar-refractivity contribution in [3.05, 3.63) is 34.4 Å². The Bertz CT molecular complexity index is 499. The van der Waals surface area contributed by atoms with E-state index in [-0.39, 0.29) is 11.9 Å². The van der Waals surface area contributed by atoms with E-state index in [4.69, 9.17) is 4.42 Å². The van der Waals surface area contributed by atoms with Gasteiger partial charge in [-0.25, -0.2) is 4.79 Å². The zero-order valence-corrected chi connectivity index (χ0v) is 10.8. The summed E-state index contributed by atoms with van der Waals surface area (Å²) in [6.45, 7) is 1.84. The summed E-state index contributed by atoms with van der Waals surface area (Å²) in [5, 5.41) is 3.48. The van der Waals surface area contributed by atoms with Gasteiger partial charge in [0.2, 0.25) is 0 Å². The molecule has 5 nitrogen and oxygen atoms in total. The molecule has 1 N–H and O–H groups in total. The van der Waals surface area contributed by atoms with Crippen LogP contribution in [0.4, 0.5) is 0 Å². The Balaban J connectivity index is 1.78. The molecule has 0 saturated carbocycles. The van der Waals surface area contributed by atoms with Gasteiger partial charge in [-0.3, -0.25) is 4.79 Å². The van der Waals surface area contributed by atoms with Gasteiger partial charge in [0.25, 0.3) is 5.91 Å². The van der Waals surface area contributed by atoms with E-state index < -0.39 is 5.63 Å². The van der Waals surface area contributed by atoms with Gasteiger partial charge in [-0.05, 0) is 38.3 Å². The van der Waals surface area contributed by atoms with Crippen molar-refractivity contribution in [3.63, 3.8) is 0 Å². The van der Waals surface area contributed by atoms with E-state index in [1.165, 1.54) is 18.8 Å². The Morgan fingerprint density at radius 3 is 2.89 bits per heavy atom. The molecule has 0 aliphatic carbocycles. The van der Waals surface area contributed by atoms with E-state index in [9.17, 15) is 9.59 Å². The molecule has 0 bridgehead atoms. The molecule has 0 spiro atoms. The molecule has 0 radical (unpaired) electrons. The molecule has 2 saturated heterocycles. The first-order valence-electron chi connectivity index (χ1n) is 6.89. The average molecular weight is 262 g/mol. The normalized spacial score (nSPS) is 26.8. The third kappa shape index (κ3) is 2.42. The molecule has 3 heterocycles. The van der Waals surface area contributed by atoms with Gasteiger partial charge >= 0.3 is 5.63 Å². The predicted octanol–water partition coefficient (Wildman–Crippen LogP) is 0.996. The maximum atomic E-state index is 12.5. The van der Waals surface area contributed by atoms with Crippen LogP contribution in [-0.4, -0.2) is 36.0 Å². The first-order valence-corrected chi connectivity index (χ1v) is 6.89. The second kappa shape index (κ2) is 5.17. The van der Waals surface area contributed by atoms with Gasteiger partial charge in [-0.2, -0.15) is 0 Å². The highest BCUT2D eigenvalue weighted by Crippen LogP contribution is 2.26. The minimum absolute atomic E-state index is 0.0278. The van der Waals surface area contributed by atoms with Crippen LogP contribution < -0.4 is 10.9 Å². The van der Waals surface area contributed by atoms with Crippen LogP contribution >= 0.6 is 0 Å². The lowest BCUT2D eigenvalue weighted by Gasteiger charge is -2.29. The lowest BCUT2D eigenvalue weighted by molar-refractivity contribution is 0.0708. The Morgan fingerprint density at radius 2 is 2.21 bits per heavy atom. The molecule has 19 heavy (non-hydrogen) atoms. The van der Waals surface area contributed by atoms with Crippen LogP contribution in [0.3, 0.4) is 0 Å². The van der Waals surface area contributed by atoms with E-state index >= 15 is 0 Å². The molecule has 0 aromatic carbocycles. The van der Waals surface area contributed by atoms with Crippen LogP contribution in [0.15, 0.2) is 27.6 Å². The highest BCUT2D eigenvalue weighted by molar-refractivity contribution is 5.94. The summed E-state index contributed by atoms with van der Waals surface area (Å²) in [4.78, 5) is 25.3. The number of likely N-dealkylation sites (tertiary alicyclic amines) is 1.